The van der Waals surface area contributed by atoms with Crippen LogP contribution in [-0.2, 0) is 0 Å². The van der Waals surface area contributed by atoms with Crippen molar-refractivity contribution >= 4 is 33.1 Å². The van der Waals surface area contributed by atoms with Crippen molar-refractivity contribution in [3.05, 3.63) is 205 Å². The number of hydrogen-bond acceptors (Lipinski definition) is 2. The number of allylic oxidation sites excluding steroid dienone is 12. The van der Waals surface area contributed by atoms with Crippen LogP contribution in [0, 0.1) is 11.8 Å². The zero-order chi connectivity index (χ0) is 33.3. The van der Waals surface area contributed by atoms with Gasteiger partial charge in [0.2, 0.25) is 0 Å². The quantitative estimate of drug-likeness (QED) is 0.181. The van der Waals surface area contributed by atoms with Gasteiger partial charge in [0.25, 0.3) is 0 Å². The lowest BCUT2D eigenvalue weighted by Crippen LogP contribution is -2.13. The van der Waals surface area contributed by atoms with Crippen LogP contribution in [-0.4, -0.2) is 9.97 Å². The highest BCUT2D eigenvalue weighted by Gasteiger charge is 2.22. The third-order valence-electron chi connectivity index (χ3n) is 10.1. The second-order valence-electron chi connectivity index (χ2n) is 13.3. The summed E-state index contributed by atoms with van der Waals surface area (Å²) in [5.41, 5.74) is 12.7. The molecule has 3 aliphatic rings. The van der Waals surface area contributed by atoms with Gasteiger partial charge in [0, 0.05) is 28.5 Å². The predicted molar refractivity (Wildman–Crippen MR) is 210 cm³/mol. The Bertz CT molecular complexity index is 2420. The second-order valence-corrected chi connectivity index (χ2v) is 13.3. The van der Waals surface area contributed by atoms with E-state index in [1.54, 1.807) is 0 Å². The van der Waals surface area contributed by atoms with Gasteiger partial charge >= 0.3 is 0 Å². The van der Waals surface area contributed by atoms with Gasteiger partial charge in [-0.25, -0.2) is 9.97 Å². The van der Waals surface area contributed by atoms with Crippen LogP contribution in [0.3, 0.4) is 0 Å². The molecular formula is C48H36N2. The Morgan fingerprint density at radius 3 is 1.80 bits per heavy atom. The summed E-state index contributed by atoms with van der Waals surface area (Å²) in [5, 5.41) is 2.55. The SMILES string of the molecule is C1=CC2C=C(c3ccc4ccccc4c3)C=CC2C=C1c1cccc(-c2cc(-c3ccccc3)nc(C3=CCCC(c4ccccc4)=C3)n2)c1. The highest BCUT2D eigenvalue weighted by molar-refractivity contribution is 5.89. The van der Waals surface area contributed by atoms with Gasteiger partial charge in [-0.3, -0.25) is 0 Å². The van der Waals surface area contributed by atoms with E-state index in [0.717, 1.165) is 46.8 Å². The molecule has 0 saturated heterocycles. The van der Waals surface area contributed by atoms with Crippen molar-refractivity contribution in [2.24, 2.45) is 11.8 Å². The summed E-state index contributed by atoms with van der Waals surface area (Å²) in [6.07, 6.45) is 20.7. The molecule has 2 heteroatoms. The van der Waals surface area contributed by atoms with E-state index in [-0.39, 0.29) is 0 Å². The van der Waals surface area contributed by atoms with E-state index >= 15 is 0 Å². The second kappa shape index (κ2) is 13.1. The first kappa shape index (κ1) is 30.0. The molecule has 0 saturated carbocycles. The molecule has 0 amide bonds. The molecule has 0 radical (unpaired) electrons. The fraction of sp³-hybridized carbons (Fsp3) is 0.0833. The standard InChI is InChI=1S/C48H36N2/c1-3-11-33(12-4-1)37-17-10-20-45(31-37)48-49-46(35-14-5-2-6-15-35)32-47(50-48)44-19-9-18-38(30-44)39-23-24-43-29-42(26-25-41(43)28-39)40-22-21-34-13-7-8-16-36(34)27-40/h1-9,11-16,18-32,41,43H,10,17H2. The molecule has 1 aromatic heterocycles. The summed E-state index contributed by atoms with van der Waals surface area (Å²) in [6, 6.07) is 47.4. The predicted octanol–water partition coefficient (Wildman–Crippen LogP) is 12.1. The van der Waals surface area contributed by atoms with Gasteiger partial charge in [-0.1, -0.05) is 158 Å². The topological polar surface area (TPSA) is 25.8 Å². The van der Waals surface area contributed by atoms with Crippen molar-refractivity contribution in [3.63, 3.8) is 0 Å². The zero-order valence-corrected chi connectivity index (χ0v) is 27.8. The van der Waals surface area contributed by atoms with Crippen molar-refractivity contribution in [1.82, 2.24) is 9.97 Å². The molecule has 9 rings (SSSR count). The maximum absolute atomic E-state index is 5.21. The number of aromatic nitrogens is 2. The molecule has 238 valence electrons. The van der Waals surface area contributed by atoms with Gasteiger partial charge in [0.1, 0.15) is 0 Å². The summed E-state index contributed by atoms with van der Waals surface area (Å²) in [4.78, 5) is 10.3. The molecule has 0 aliphatic heterocycles. The van der Waals surface area contributed by atoms with Gasteiger partial charge < -0.3 is 0 Å². The van der Waals surface area contributed by atoms with Crippen LogP contribution in [0.25, 0.3) is 55.6 Å². The van der Waals surface area contributed by atoms with Crippen LogP contribution in [0.15, 0.2) is 182 Å². The number of fused-ring (bicyclic) bond motifs is 2. The van der Waals surface area contributed by atoms with Gasteiger partial charge in [0.15, 0.2) is 5.82 Å². The molecule has 6 aromatic rings. The first-order valence-electron chi connectivity index (χ1n) is 17.5. The van der Waals surface area contributed by atoms with E-state index in [1.165, 1.54) is 44.2 Å². The van der Waals surface area contributed by atoms with Gasteiger partial charge in [-0.2, -0.15) is 0 Å². The smallest absolute Gasteiger partial charge is 0.160 e. The third-order valence-corrected chi connectivity index (χ3v) is 10.1. The Labute approximate surface area is 293 Å². The Balaban J connectivity index is 1.03. The monoisotopic (exact) mass is 640 g/mol. The lowest BCUT2D eigenvalue weighted by Gasteiger charge is -2.26. The average Bonchev–Trinajstić information content (AvgIpc) is 3.21. The molecule has 5 aromatic carbocycles. The molecule has 0 bridgehead atoms. The van der Waals surface area contributed by atoms with E-state index in [0.29, 0.717) is 11.8 Å². The van der Waals surface area contributed by atoms with E-state index in [1.807, 2.05) is 6.07 Å². The lowest BCUT2D eigenvalue weighted by molar-refractivity contribution is 0.665. The molecule has 0 fully saturated rings. The number of rotatable bonds is 6. The summed E-state index contributed by atoms with van der Waals surface area (Å²) in [5.74, 6) is 1.42. The summed E-state index contributed by atoms with van der Waals surface area (Å²) in [6.45, 7) is 0. The normalized spacial score (nSPS) is 18.2. The molecule has 3 aliphatic carbocycles. The number of benzene rings is 5. The van der Waals surface area contributed by atoms with Crippen molar-refractivity contribution in [2.45, 2.75) is 12.8 Å². The molecular weight excluding hydrogens is 605 g/mol. The van der Waals surface area contributed by atoms with E-state index in [2.05, 4.69) is 176 Å². The fourth-order valence-electron chi connectivity index (χ4n) is 7.38. The van der Waals surface area contributed by atoms with Crippen LogP contribution < -0.4 is 0 Å². The van der Waals surface area contributed by atoms with Crippen LogP contribution in [0.2, 0.25) is 0 Å². The molecule has 50 heavy (non-hydrogen) atoms. The van der Waals surface area contributed by atoms with Crippen molar-refractivity contribution in [2.75, 3.05) is 0 Å². The highest BCUT2D eigenvalue weighted by atomic mass is 14.9. The largest absolute Gasteiger partial charge is 0.228 e. The minimum atomic E-state index is 0.321. The van der Waals surface area contributed by atoms with Gasteiger partial charge in [-0.05, 0) is 81.3 Å². The molecule has 2 unspecified atom stereocenters. The van der Waals surface area contributed by atoms with Gasteiger partial charge in [0.05, 0.1) is 11.4 Å². The minimum absolute atomic E-state index is 0.321. The van der Waals surface area contributed by atoms with Crippen LogP contribution >= 0.6 is 0 Å². The first-order valence-corrected chi connectivity index (χ1v) is 17.5. The first-order chi connectivity index (χ1) is 24.7. The maximum Gasteiger partial charge on any atom is 0.160 e. The van der Waals surface area contributed by atoms with Crippen molar-refractivity contribution in [1.29, 1.82) is 0 Å². The van der Waals surface area contributed by atoms with Gasteiger partial charge in [-0.15, -0.1) is 0 Å². The molecule has 1 heterocycles. The van der Waals surface area contributed by atoms with Crippen LogP contribution in [0.4, 0.5) is 0 Å². The van der Waals surface area contributed by atoms with E-state index in [9.17, 15) is 0 Å². The molecule has 2 nitrogen and oxygen atoms in total. The zero-order valence-electron chi connectivity index (χ0n) is 27.8. The number of hydrogen-bond donors (Lipinski definition) is 0. The van der Waals surface area contributed by atoms with Crippen molar-refractivity contribution < 1.29 is 0 Å². The Kier molecular flexibility index (Phi) is 7.83. The van der Waals surface area contributed by atoms with Crippen LogP contribution in [0.1, 0.15) is 35.4 Å². The highest BCUT2D eigenvalue weighted by Crippen LogP contribution is 2.38. The molecule has 2 atom stereocenters. The maximum atomic E-state index is 5.21. The minimum Gasteiger partial charge on any atom is -0.228 e. The molecule has 0 N–H and O–H groups in total. The Morgan fingerprint density at radius 1 is 0.460 bits per heavy atom. The van der Waals surface area contributed by atoms with E-state index in [4.69, 9.17) is 9.97 Å². The lowest BCUT2D eigenvalue weighted by atomic mass is 9.79. The van der Waals surface area contributed by atoms with Crippen molar-refractivity contribution in [3.8, 4) is 22.5 Å². The Hall–Kier alpha value is -6.12. The number of nitrogens with zero attached hydrogens (tertiary/aromatic N) is 2. The summed E-state index contributed by atoms with van der Waals surface area (Å²) in [7, 11) is 0. The third kappa shape index (κ3) is 6.01. The summed E-state index contributed by atoms with van der Waals surface area (Å²) >= 11 is 0. The Morgan fingerprint density at radius 2 is 1.06 bits per heavy atom. The summed E-state index contributed by atoms with van der Waals surface area (Å²) < 4.78 is 0. The van der Waals surface area contributed by atoms with E-state index < -0.39 is 0 Å². The molecule has 0 spiro atoms. The average molecular weight is 641 g/mol. The van der Waals surface area contributed by atoms with Crippen LogP contribution in [0.5, 0.6) is 0 Å². The fourth-order valence-corrected chi connectivity index (χ4v) is 7.38.